The van der Waals surface area contributed by atoms with E-state index in [9.17, 15) is 15.2 Å². The second-order valence-corrected chi connectivity index (χ2v) is 7.43. The van der Waals surface area contributed by atoms with Gasteiger partial charge >= 0.3 is 0 Å². The number of halogens is 1. The van der Waals surface area contributed by atoms with Gasteiger partial charge in [0.05, 0.1) is 22.4 Å². The van der Waals surface area contributed by atoms with Crippen molar-refractivity contribution in [1.82, 2.24) is 14.8 Å². The van der Waals surface area contributed by atoms with E-state index in [1.165, 1.54) is 6.20 Å². The van der Waals surface area contributed by atoms with Gasteiger partial charge in [-0.25, -0.2) is 4.98 Å². The number of rotatable bonds is 6. The number of nitrogens with zero attached hydrogens (tertiary/aromatic N) is 4. The predicted molar refractivity (Wildman–Crippen MR) is 123 cm³/mol. The maximum Gasteiger partial charge on any atom is 0.224 e. The van der Waals surface area contributed by atoms with Crippen LogP contribution in [0.3, 0.4) is 0 Å². The van der Waals surface area contributed by atoms with Gasteiger partial charge in [-0.2, -0.15) is 15.0 Å². The molecular formula is C23H19ClN6O2. The lowest BCUT2D eigenvalue weighted by molar-refractivity contribution is -0.115. The third-order valence-corrected chi connectivity index (χ3v) is 5.16. The summed E-state index contributed by atoms with van der Waals surface area (Å²) in [6, 6.07) is 16.8. The quantitative estimate of drug-likeness (QED) is 0.372. The van der Waals surface area contributed by atoms with Gasteiger partial charge in [-0.05, 0) is 35.9 Å². The molecule has 2 aromatic heterocycles. The Morgan fingerprint density at radius 2 is 2.06 bits per heavy atom. The molecular weight excluding hydrogens is 428 g/mol. The largest absolute Gasteiger partial charge is 0.504 e. The number of phenolic OH excluding ortho intramolecular Hbond substituents is 1. The van der Waals surface area contributed by atoms with E-state index in [2.05, 4.69) is 26.8 Å². The molecule has 0 radical (unpaired) electrons. The van der Waals surface area contributed by atoms with Crippen LogP contribution in [0.2, 0.25) is 5.02 Å². The Hall–Kier alpha value is -4.09. The number of anilines is 2. The first-order valence-electron chi connectivity index (χ1n) is 9.89. The molecule has 32 heavy (non-hydrogen) atoms. The summed E-state index contributed by atoms with van der Waals surface area (Å²) in [5, 5.41) is 30.9. The monoisotopic (exact) mass is 446 g/mol. The van der Waals surface area contributed by atoms with Crippen molar-refractivity contribution in [1.29, 1.82) is 5.26 Å². The van der Waals surface area contributed by atoms with Crippen molar-refractivity contribution < 1.29 is 9.90 Å². The Bertz CT molecular complexity index is 1360. The zero-order valence-corrected chi connectivity index (χ0v) is 17.9. The number of amides is 1. The van der Waals surface area contributed by atoms with Crippen molar-refractivity contribution in [3.05, 3.63) is 70.9 Å². The Kier molecular flexibility index (Phi) is 5.92. The summed E-state index contributed by atoms with van der Waals surface area (Å²) in [6.07, 6.45) is 1.74. The first-order chi connectivity index (χ1) is 15.5. The van der Waals surface area contributed by atoms with Crippen LogP contribution in [-0.4, -0.2) is 25.8 Å². The molecule has 0 saturated heterocycles. The number of fused-ring (bicyclic) bond motifs is 1. The average molecular weight is 447 g/mol. The number of hydrogen-bond donors (Lipinski definition) is 3. The highest BCUT2D eigenvalue weighted by Gasteiger charge is 2.15. The Morgan fingerprint density at radius 1 is 1.25 bits per heavy atom. The third-order valence-electron chi connectivity index (χ3n) is 4.87. The van der Waals surface area contributed by atoms with E-state index < -0.39 is 0 Å². The van der Waals surface area contributed by atoms with Gasteiger partial charge in [0.15, 0.2) is 11.6 Å². The lowest BCUT2D eigenvalue weighted by Gasteiger charge is -2.13. The number of aromatic hydroxyl groups is 1. The smallest absolute Gasteiger partial charge is 0.224 e. The Balaban J connectivity index is 1.65. The molecule has 0 aliphatic heterocycles. The summed E-state index contributed by atoms with van der Waals surface area (Å²) < 4.78 is 1.56. The van der Waals surface area contributed by atoms with Crippen LogP contribution in [0.15, 0.2) is 54.7 Å². The van der Waals surface area contributed by atoms with Crippen molar-refractivity contribution in [2.24, 2.45) is 0 Å². The molecule has 0 aliphatic carbocycles. The first-order valence-corrected chi connectivity index (χ1v) is 10.3. The Labute approximate surface area is 189 Å². The number of phenols is 1. The standard InChI is InChI=1S/C23H19ClN6O2/c1-2-21(31)29-19-10-14(9-17(24)22(19)32)12-26-23-16(11-25)13-27-30(23)20-8-7-15-5-3-4-6-18(15)28-20/h3-10,13,26,32H,2,12H2,1H3,(H,29,31). The van der Waals surface area contributed by atoms with Gasteiger partial charge in [-0.1, -0.05) is 36.7 Å². The first kappa shape index (κ1) is 21.2. The van der Waals surface area contributed by atoms with Gasteiger partial charge < -0.3 is 15.7 Å². The second-order valence-electron chi connectivity index (χ2n) is 7.02. The lowest BCUT2D eigenvalue weighted by Crippen LogP contribution is -2.11. The van der Waals surface area contributed by atoms with Gasteiger partial charge in [0.25, 0.3) is 0 Å². The van der Waals surface area contributed by atoms with Crippen LogP contribution in [0, 0.1) is 11.3 Å². The number of carbonyl (C=O) groups is 1. The van der Waals surface area contributed by atoms with Crippen molar-refractivity contribution in [2.45, 2.75) is 19.9 Å². The van der Waals surface area contributed by atoms with E-state index in [1.807, 2.05) is 36.4 Å². The molecule has 160 valence electrons. The zero-order chi connectivity index (χ0) is 22.7. The highest BCUT2D eigenvalue weighted by atomic mass is 35.5. The van der Waals surface area contributed by atoms with Gasteiger partial charge in [0, 0.05) is 18.4 Å². The number of para-hydroxylation sites is 1. The van der Waals surface area contributed by atoms with Crippen LogP contribution in [0.1, 0.15) is 24.5 Å². The fraction of sp³-hybridized carbons (Fsp3) is 0.130. The van der Waals surface area contributed by atoms with Crippen LogP contribution in [0.4, 0.5) is 11.5 Å². The summed E-state index contributed by atoms with van der Waals surface area (Å²) in [7, 11) is 0. The molecule has 2 aromatic carbocycles. The molecule has 2 heterocycles. The molecule has 0 spiro atoms. The fourth-order valence-electron chi connectivity index (χ4n) is 3.22. The molecule has 8 nitrogen and oxygen atoms in total. The van der Waals surface area contributed by atoms with Crippen LogP contribution < -0.4 is 10.6 Å². The molecule has 0 bridgehead atoms. The number of pyridine rings is 1. The molecule has 1 amide bonds. The zero-order valence-electron chi connectivity index (χ0n) is 17.1. The van der Waals surface area contributed by atoms with Gasteiger partial charge in [-0.15, -0.1) is 0 Å². The SMILES string of the molecule is CCC(=O)Nc1cc(CNc2c(C#N)cnn2-c2ccc3ccccc3n2)cc(Cl)c1O. The molecule has 0 fully saturated rings. The van der Waals surface area contributed by atoms with E-state index in [0.717, 1.165) is 10.9 Å². The minimum Gasteiger partial charge on any atom is -0.504 e. The molecule has 4 rings (SSSR count). The number of benzene rings is 2. The average Bonchev–Trinajstić information content (AvgIpc) is 3.23. The van der Waals surface area contributed by atoms with E-state index in [1.54, 1.807) is 23.7 Å². The van der Waals surface area contributed by atoms with Gasteiger partial charge in [0.2, 0.25) is 5.91 Å². The molecule has 9 heteroatoms. The summed E-state index contributed by atoms with van der Waals surface area (Å²) in [4.78, 5) is 16.4. The fourth-order valence-corrected chi connectivity index (χ4v) is 3.47. The molecule has 0 unspecified atom stereocenters. The highest BCUT2D eigenvalue weighted by Crippen LogP contribution is 2.34. The number of hydrogen-bond acceptors (Lipinski definition) is 6. The topological polar surface area (TPSA) is 116 Å². The van der Waals surface area contributed by atoms with Crippen molar-refractivity contribution in [2.75, 3.05) is 10.6 Å². The molecule has 0 saturated carbocycles. The van der Waals surface area contributed by atoms with Gasteiger partial charge in [0.1, 0.15) is 17.5 Å². The third kappa shape index (κ3) is 4.19. The van der Waals surface area contributed by atoms with Crippen LogP contribution in [-0.2, 0) is 11.3 Å². The maximum atomic E-state index is 11.7. The van der Waals surface area contributed by atoms with Crippen LogP contribution in [0.25, 0.3) is 16.7 Å². The van der Waals surface area contributed by atoms with E-state index in [0.29, 0.717) is 22.8 Å². The van der Waals surface area contributed by atoms with E-state index in [4.69, 9.17) is 11.6 Å². The molecule has 3 N–H and O–H groups in total. The predicted octanol–water partition coefficient (Wildman–Crippen LogP) is 4.61. The molecule has 4 aromatic rings. The van der Waals surface area contributed by atoms with Crippen molar-refractivity contribution >= 4 is 39.9 Å². The summed E-state index contributed by atoms with van der Waals surface area (Å²) in [5.41, 5.74) is 2.09. The lowest BCUT2D eigenvalue weighted by atomic mass is 10.1. The van der Waals surface area contributed by atoms with Crippen molar-refractivity contribution in [3.63, 3.8) is 0 Å². The number of carbonyl (C=O) groups excluding carboxylic acids is 1. The van der Waals surface area contributed by atoms with Gasteiger partial charge in [-0.3, -0.25) is 4.79 Å². The molecule has 0 atom stereocenters. The Morgan fingerprint density at radius 3 is 2.84 bits per heavy atom. The van der Waals surface area contributed by atoms with Crippen LogP contribution >= 0.6 is 11.6 Å². The summed E-state index contributed by atoms with van der Waals surface area (Å²) in [6.45, 7) is 1.98. The molecule has 0 aliphatic rings. The normalized spacial score (nSPS) is 10.7. The maximum absolute atomic E-state index is 11.7. The van der Waals surface area contributed by atoms with Crippen molar-refractivity contribution in [3.8, 4) is 17.6 Å². The summed E-state index contributed by atoms with van der Waals surface area (Å²) in [5.74, 6) is 0.597. The second kappa shape index (κ2) is 8.96. The number of aromatic nitrogens is 3. The number of nitriles is 1. The highest BCUT2D eigenvalue weighted by molar-refractivity contribution is 6.32. The van der Waals surface area contributed by atoms with Crippen LogP contribution in [0.5, 0.6) is 5.75 Å². The minimum absolute atomic E-state index is 0.112. The minimum atomic E-state index is -0.242. The van der Waals surface area contributed by atoms with E-state index in [-0.39, 0.29) is 35.3 Å². The summed E-state index contributed by atoms with van der Waals surface area (Å²) >= 11 is 6.14. The van der Waals surface area contributed by atoms with E-state index >= 15 is 0 Å². The number of nitrogens with one attached hydrogen (secondary N) is 2.